The Balaban J connectivity index is 1.14. The highest BCUT2D eigenvalue weighted by Gasteiger charge is 2.45. The monoisotopic (exact) mass is 565 g/mol. The number of piperazine rings is 1. The summed E-state index contributed by atoms with van der Waals surface area (Å²) in [7, 11) is 0. The first kappa shape index (κ1) is 26.8. The standard InChI is InChI=1S/C30H36FN5O3S/c1-16-5-10-22-25(32)26(40-28(22)33-16)27(37)34-19-7-6-17-13-24(23(31)12-18(17)11-19)35-14-20-8-9-21(15-35)36(20)29(38)39-30(2,3)4/h5,10,12-13,19-21H,6-9,11,14-15,32H2,1-4H3,(H,34,37)/t19-,20?,21?/m0/s1. The predicted octanol–water partition coefficient (Wildman–Crippen LogP) is 5.20. The fraction of sp³-hybridized carbons (Fsp3) is 0.500. The summed E-state index contributed by atoms with van der Waals surface area (Å²) in [5.74, 6) is -0.465. The van der Waals surface area contributed by atoms with E-state index in [-0.39, 0.29) is 35.9 Å². The Morgan fingerprint density at radius 3 is 2.55 bits per heavy atom. The van der Waals surface area contributed by atoms with Crippen LogP contribution >= 0.6 is 11.3 Å². The number of ether oxygens (including phenoxy) is 1. The molecule has 2 amide bonds. The zero-order chi connectivity index (χ0) is 28.3. The Morgan fingerprint density at radius 2 is 1.85 bits per heavy atom. The second kappa shape index (κ2) is 9.90. The van der Waals surface area contributed by atoms with Crippen LogP contribution in [0.25, 0.3) is 10.2 Å². The van der Waals surface area contributed by atoms with Gasteiger partial charge in [-0.25, -0.2) is 14.2 Å². The molecule has 1 aromatic carbocycles. The van der Waals surface area contributed by atoms with Gasteiger partial charge in [-0.15, -0.1) is 11.3 Å². The number of nitrogen functional groups attached to an aromatic ring is 1. The van der Waals surface area contributed by atoms with E-state index < -0.39 is 5.60 Å². The molecule has 3 aliphatic rings. The number of rotatable bonds is 3. The van der Waals surface area contributed by atoms with Crippen molar-refractivity contribution in [2.24, 2.45) is 0 Å². The van der Waals surface area contributed by atoms with Crippen molar-refractivity contribution in [2.45, 2.75) is 83.5 Å². The van der Waals surface area contributed by atoms with Gasteiger partial charge in [0.05, 0.1) is 23.5 Å². The molecular weight excluding hydrogens is 529 g/mol. The molecule has 40 heavy (non-hydrogen) atoms. The van der Waals surface area contributed by atoms with Crippen LogP contribution in [-0.2, 0) is 17.6 Å². The molecule has 3 N–H and O–H groups in total. The number of nitrogens with zero attached hydrogens (tertiary/aromatic N) is 3. The van der Waals surface area contributed by atoms with Gasteiger partial charge in [-0.2, -0.15) is 0 Å². The lowest BCUT2D eigenvalue weighted by Crippen LogP contribution is -2.57. The van der Waals surface area contributed by atoms with E-state index in [1.54, 1.807) is 6.07 Å². The number of pyridine rings is 1. The molecule has 2 bridgehead atoms. The molecule has 0 spiro atoms. The van der Waals surface area contributed by atoms with Crippen LogP contribution < -0.4 is 16.0 Å². The van der Waals surface area contributed by atoms with E-state index in [2.05, 4.69) is 15.2 Å². The van der Waals surface area contributed by atoms with E-state index in [0.717, 1.165) is 52.7 Å². The molecule has 4 heterocycles. The van der Waals surface area contributed by atoms with Gasteiger partial charge in [-0.1, -0.05) is 0 Å². The van der Waals surface area contributed by atoms with Gasteiger partial charge in [0.1, 0.15) is 21.1 Å². The molecule has 212 valence electrons. The number of hydrogen-bond donors (Lipinski definition) is 2. The topological polar surface area (TPSA) is 101 Å². The molecule has 2 saturated heterocycles. The molecule has 2 fully saturated rings. The summed E-state index contributed by atoms with van der Waals surface area (Å²) >= 11 is 1.30. The van der Waals surface area contributed by atoms with E-state index >= 15 is 4.39 Å². The number of hydrogen-bond acceptors (Lipinski definition) is 7. The van der Waals surface area contributed by atoms with Crippen LogP contribution in [0.15, 0.2) is 24.3 Å². The van der Waals surface area contributed by atoms with Gasteiger partial charge in [-0.3, -0.25) is 9.69 Å². The van der Waals surface area contributed by atoms with E-state index in [9.17, 15) is 9.59 Å². The largest absolute Gasteiger partial charge is 0.444 e. The summed E-state index contributed by atoms with van der Waals surface area (Å²) in [6, 6.07) is 7.33. The zero-order valence-corrected chi connectivity index (χ0v) is 24.2. The number of carbonyl (C=O) groups excluding carboxylic acids is 2. The number of aryl methyl sites for hydroxylation is 2. The minimum atomic E-state index is -0.545. The summed E-state index contributed by atoms with van der Waals surface area (Å²) in [6.07, 6.45) is 3.60. The molecule has 1 aliphatic carbocycles. The maximum Gasteiger partial charge on any atom is 0.410 e. The molecule has 8 nitrogen and oxygen atoms in total. The summed E-state index contributed by atoms with van der Waals surface area (Å²) in [6.45, 7) is 8.72. The number of nitrogens with one attached hydrogen (secondary N) is 1. The van der Waals surface area contributed by atoms with Gasteiger partial charge in [0, 0.05) is 30.2 Å². The third-order valence-electron chi connectivity index (χ3n) is 8.20. The quantitative estimate of drug-likeness (QED) is 0.453. The number of benzene rings is 1. The number of amides is 2. The minimum absolute atomic E-state index is 0.0177. The van der Waals surface area contributed by atoms with Gasteiger partial charge in [-0.05, 0) is 95.2 Å². The second-order valence-electron chi connectivity index (χ2n) is 12.3. The highest BCUT2D eigenvalue weighted by molar-refractivity contribution is 7.21. The van der Waals surface area contributed by atoms with Crippen LogP contribution in [0.3, 0.4) is 0 Å². The predicted molar refractivity (Wildman–Crippen MR) is 156 cm³/mol. The first-order valence-corrected chi connectivity index (χ1v) is 14.8. The fourth-order valence-corrected chi connectivity index (χ4v) is 7.40. The normalized spacial score (nSPS) is 22.4. The first-order chi connectivity index (χ1) is 19.0. The highest BCUT2D eigenvalue weighted by Crippen LogP contribution is 2.37. The van der Waals surface area contributed by atoms with Crippen LogP contribution in [0.1, 0.15) is 66.5 Å². The lowest BCUT2D eigenvalue weighted by Gasteiger charge is -2.42. The molecular formula is C30H36FN5O3S. The number of anilines is 2. The average Bonchev–Trinajstić information content (AvgIpc) is 3.34. The molecule has 2 aromatic heterocycles. The SMILES string of the molecule is Cc1ccc2c(N)c(C(=O)N[C@H]3CCc4cc(N5CC6CCC(C5)N6C(=O)OC(C)(C)C)c(F)cc4C3)sc2n1. The molecule has 0 saturated carbocycles. The van der Waals surface area contributed by atoms with Crippen LogP contribution in [0.5, 0.6) is 0 Å². The second-order valence-corrected chi connectivity index (χ2v) is 13.3. The average molecular weight is 566 g/mol. The third-order valence-corrected chi connectivity index (χ3v) is 9.31. The number of nitrogens with two attached hydrogens (primary N) is 1. The van der Waals surface area contributed by atoms with Crippen molar-refractivity contribution in [3.8, 4) is 0 Å². The van der Waals surface area contributed by atoms with Gasteiger partial charge in [0.15, 0.2) is 0 Å². The van der Waals surface area contributed by atoms with Crippen molar-refractivity contribution in [1.29, 1.82) is 0 Å². The van der Waals surface area contributed by atoms with Crippen LogP contribution in [0.4, 0.5) is 20.6 Å². The van der Waals surface area contributed by atoms with Crippen molar-refractivity contribution in [3.63, 3.8) is 0 Å². The Kier molecular flexibility index (Phi) is 6.64. The van der Waals surface area contributed by atoms with Crippen LogP contribution in [0.2, 0.25) is 0 Å². The molecule has 6 rings (SSSR count). The lowest BCUT2D eigenvalue weighted by atomic mass is 9.87. The van der Waals surface area contributed by atoms with Crippen molar-refractivity contribution in [1.82, 2.24) is 15.2 Å². The van der Waals surface area contributed by atoms with Crippen LogP contribution in [-0.4, -0.2) is 58.7 Å². The molecule has 2 aliphatic heterocycles. The van der Waals surface area contributed by atoms with Crippen LogP contribution in [0, 0.1) is 12.7 Å². The Bertz CT molecular complexity index is 1480. The lowest BCUT2D eigenvalue weighted by molar-refractivity contribution is 0.0123. The minimum Gasteiger partial charge on any atom is -0.444 e. The van der Waals surface area contributed by atoms with Crippen molar-refractivity contribution in [2.75, 3.05) is 23.7 Å². The van der Waals surface area contributed by atoms with E-state index in [0.29, 0.717) is 35.8 Å². The first-order valence-electron chi connectivity index (χ1n) is 14.0. The molecule has 2 unspecified atom stereocenters. The molecule has 10 heteroatoms. The van der Waals surface area contributed by atoms with Crippen molar-refractivity contribution >= 4 is 44.9 Å². The summed E-state index contributed by atoms with van der Waals surface area (Å²) < 4.78 is 21.2. The Morgan fingerprint density at radius 1 is 1.12 bits per heavy atom. The maximum atomic E-state index is 15.5. The molecule has 3 aromatic rings. The van der Waals surface area contributed by atoms with Gasteiger partial charge in [0.2, 0.25) is 0 Å². The number of carbonyl (C=O) groups is 2. The fourth-order valence-electron chi connectivity index (χ4n) is 6.35. The van der Waals surface area contributed by atoms with E-state index in [1.807, 2.05) is 50.8 Å². The number of halogens is 1. The van der Waals surface area contributed by atoms with Crippen molar-refractivity contribution in [3.05, 3.63) is 51.8 Å². The maximum absolute atomic E-state index is 15.5. The van der Waals surface area contributed by atoms with E-state index in [1.165, 1.54) is 11.3 Å². The van der Waals surface area contributed by atoms with Gasteiger partial charge in [0.25, 0.3) is 5.91 Å². The Hall–Kier alpha value is -3.40. The Labute approximate surface area is 237 Å². The summed E-state index contributed by atoms with van der Waals surface area (Å²) in [5.41, 5.74) is 9.71. The highest BCUT2D eigenvalue weighted by atomic mass is 32.1. The van der Waals surface area contributed by atoms with Gasteiger partial charge < -0.3 is 20.7 Å². The molecule has 0 radical (unpaired) electrons. The number of aromatic nitrogens is 1. The smallest absolute Gasteiger partial charge is 0.410 e. The number of fused-ring (bicyclic) bond motifs is 4. The molecule has 3 atom stereocenters. The number of thiophene rings is 1. The zero-order valence-electron chi connectivity index (χ0n) is 23.4. The van der Waals surface area contributed by atoms with E-state index in [4.69, 9.17) is 10.5 Å². The summed E-state index contributed by atoms with van der Waals surface area (Å²) in [5, 5.41) is 3.92. The van der Waals surface area contributed by atoms with Gasteiger partial charge >= 0.3 is 6.09 Å². The van der Waals surface area contributed by atoms with Crippen molar-refractivity contribution < 1.29 is 18.7 Å². The summed E-state index contributed by atoms with van der Waals surface area (Å²) in [4.78, 5) is 35.6. The third kappa shape index (κ3) is 4.98.